The number of nitrogens with two attached hydrogens (primary N) is 2. The molecule has 0 fully saturated rings. The molecule has 0 aliphatic rings. The van der Waals surface area contributed by atoms with Gasteiger partial charge in [-0.15, -0.1) is 0 Å². The van der Waals surface area contributed by atoms with E-state index in [2.05, 4.69) is 9.68 Å². The van der Waals surface area contributed by atoms with Crippen LogP contribution >= 0.6 is 0 Å². The van der Waals surface area contributed by atoms with Crippen LogP contribution in [0.25, 0.3) is 0 Å². The van der Waals surface area contributed by atoms with E-state index in [1.165, 1.54) is 0 Å². The van der Waals surface area contributed by atoms with Crippen LogP contribution in [0.3, 0.4) is 0 Å². The van der Waals surface area contributed by atoms with Crippen LogP contribution in [0.4, 0.5) is 9.59 Å². The Morgan fingerprint density at radius 2 is 1.29 bits per heavy atom. The molecule has 0 saturated heterocycles. The van der Waals surface area contributed by atoms with Gasteiger partial charge in [-0.05, 0) is 0 Å². The first-order valence-electron chi connectivity index (χ1n) is 3.47. The Bertz CT molecular complexity index is 167. The minimum absolute atomic E-state index is 0.0261. The quantitative estimate of drug-likeness (QED) is 0.124. The molecule has 4 amide bonds. The lowest BCUT2D eigenvalue weighted by atomic mass is 10.8. The van der Waals surface area contributed by atoms with Crippen molar-refractivity contribution in [1.82, 2.24) is 21.8 Å². The minimum atomic E-state index is -0.697. The van der Waals surface area contributed by atoms with E-state index in [0.29, 0.717) is 0 Å². The molecule has 0 unspecified atom stereocenters. The van der Waals surface area contributed by atoms with Crippen LogP contribution < -0.4 is 33.5 Å². The zero-order chi connectivity index (χ0) is 10.8. The number of urea groups is 2. The Kier molecular flexibility index (Phi) is 7.07. The number of nitrogens with one attached hydrogen (secondary N) is 4. The van der Waals surface area contributed by atoms with Crippen LogP contribution in [-0.4, -0.2) is 25.3 Å². The highest BCUT2D eigenvalue weighted by atomic mass is 16.7. The van der Waals surface area contributed by atoms with Gasteiger partial charge in [0, 0.05) is 0 Å². The molecule has 0 aliphatic heterocycles. The summed E-state index contributed by atoms with van der Waals surface area (Å²) in [5.41, 5.74) is 7.39. The summed E-state index contributed by atoms with van der Waals surface area (Å²) in [6, 6.07) is -1.39. The van der Waals surface area contributed by atoms with Gasteiger partial charge in [-0.2, -0.15) is 0 Å². The van der Waals surface area contributed by atoms with Crippen LogP contribution in [-0.2, 0) is 9.68 Å². The van der Waals surface area contributed by atoms with E-state index in [0.717, 1.165) is 0 Å². The molecule has 0 aliphatic carbocycles. The number of hydrazine groups is 2. The Hall–Kier alpha value is -1.62. The molecule has 0 saturated carbocycles. The van der Waals surface area contributed by atoms with Gasteiger partial charge in [0.25, 0.3) is 0 Å². The predicted octanol–water partition coefficient (Wildman–Crippen LogP) is -2.80. The topological polar surface area (TPSA) is 153 Å². The van der Waals surface area contributed by atoms with E-state index >= 15 is 0 Å². The highest BCUT2D eigenvalue weighted by molar-refractivity contribution is 5.72. The molecule has 0 aromatic heterocycles. The summed E-state index contributed by atoms with van der Waals surface area (Å²) in [7, 11) is 0. The number of hydroxylamine groups is 2. The van der Waals surface area contributed by atoms with E-state index in [1.807, 2.05) is 11.0 Å². The van der Waals surface area contributed by atoms with E-state index in [1.54, 1.807) is 10.9 Å². The molecule has 10 heteroatoms. The van der Waals surface area contributed by atoms with Gasteiger partial charge < -0.3 is 0 Å². The first kappa shape index (κ1) is 12.4. The van der Waals surface area contributed by atoms with Crippen molar-refractivity contribution in [2.45, 2.75) is 0 Å². The summed E-state index contributed by atoms with van der Waals surface area (Å²) >= 11 is 0. The van der Waals surface area contributed by atoms with E-state index in [9.17, 15) is 9.59 Å². The highest BCUT2D eigenvalue weighted by Gasteiger charge is 1.97. The normalized spacial score (nSPS) is 9.00. The second-order valence-electron chi connectivity index (χ2n) is 1.85. The van der Waals surface area contributed by atoms with Crippen molar-refractivity contribution in [2.24, 2.45) is 11.7 Å². The third-order valence-electron chi connectivity index (χ3n) is 0.879. The van der Waals surface area contributed by atoms with E-state index < -0.39 is 12.1 Å². The lowest BCUT2D eigenvalue weighted by Crippen LogP contribution is -2.41. The van der Waals surface area contributed by atoms with Crippen LogP contribution in [0, 0.1) is 0 Å². The van der Waals surface area contributed by atoms with Gasteiger partial charge in [-0.25, -0.2) is 32.2 Å². The van der Waals surface area contributed by atoms with E-state index in [4.69, 9.17) is 11.7 Å². The summed E-state index contributed by atoms with van der Waals surface area (Å²) in [6.45, 7) is 0.0521. The molecule has 0 heterocycles. The average molecular weight is 208 g/mol. The Morgan fingerprint density at radius 1 is 0.929 bits per heavy atom. The minimum Gasteiger partial charge on any atom is -0.274 e. The lowest BCUT2D eigenvalue weighted by molar-refractivity contribution is -0.0135. The molecule has 8 N–H and O–H groups in total. The van der Waals surface area contributed by atoms with Crippen molar-refractivity contribution in [2.75, 3.05) is 13.2 Å². The largest absolute Gasteiger partial charge is 0.352 e. The third kappa shape index (κ3) is 7.05. The predicted molar refractivity (Wildman–Crippen MR) is 43.6 cm³/mol. The molecule has 10 nitrogen and oxygen atoms in total. The number of hydrogen-bond donors (Lipinski definition) is 6. The summed E-state index contributed by atoms with van der Waals surface area (Å²) in [4.78, 5) is 29.8. The molecule has 0 bridgehead atoms. The summed E-state index contributed by atoms with van der Waals surface area (Å²) < 4.78 is 0. The van der Waals surface area contributed by atoms with Gasteiger partial charge in [0.05, 0.1) is 0 Å². The maximum absolute atomic E-state index is 10.4. The van der Waals surface area contributed by atoms with Crippen molar-refractivity contribution >= 4 is 12.1 Å². The fourth-order valence-corrected chi connectivity index (χ4v) is 0.375. The van der Waals surface area contributed by atoms with Gasteiger partial charge in [-0.3, -0.25) is 20.5 Å². The van der Waals surface area contributed by atoms with Crippen LogP contribution in [0.15, 0.2) is 0 Å². The van der Waals surface area contributed by atoms with Crippen molar-refractivity contribution in [1.29, 1.82) is 0 Å². The zero-order valence-corrected chi connectivity index (χ0v) is 7.20. The molecule has 0 radical (unpaired) electrons. The van der Waals surface area contributed by atoms with Gasteiger partial charge in [0.1, 0.15) is 13.2 Å². The van der Waals surface area contributed by atoms with Crippen molar-refractivity contribution in [3.63, 3.8) is 0 Å². The van der Waals surface area contributed by atoms with E-state index in [-0.39, 0.29) is 13.2 Å². The van der Waals surface area contributed by atoms with Gasteiger partial charge in [0.15, 0.2) is 0 Å². The number of hydrogen-bond acceptors (Lipinski definition) is 6. The molecule has 82 valence electrons. The number of rotatable bonds is 5. The number of carbonyl (C=O) groups is 2. The zero-order valence-electron chi connectivity index (χ0n) is 7.20. The van der Waals surface area contributed by atoms with Gasteiger partial charge in [-0.1, -0.05) is 0 Å². The van der Waals surface area contributed by atoms with Crippen molar-refractivity contribution in [3.8, 4) is 0 Å². The molecule has 14 heavy (non-hydrogen) atoms. The first-order valence-corrected chi connectivity index (χ1v) is 3.47. The van der Waals surface area contributed by atoms with Crippen molar-refractivity contribution < 1.29 is 19.3 Å². The second-order valence-corrected chi connectivity index (χ2v) is 1.85. The number of carbonyl (C=O) groups excluding carboxylic acids is 2. The highest BCUT2D eigenvalue weighted by Crippen LogP contribution is 1.71. The van der Waals surface area contributed by atoms with Crippen LogP contribution in [0.5, 0.6) is 0 Å². The fourth-order valence-electron chi connectivity index (χ4n) is 0.375. The first-order chi connectivity index (χ1) is 6.70. The van der Waals surface area contributed by atoms with Crippen LogP contribution in [0.2, 0.25) is 0 Å². The molecule has 0 aromatic rings. The van der Waals surface area contributed by atoms with Crippen LogP contribution in [0.1, 0.15) is 0 Å². The lowest BCUT2D eigenvalue weighted by Gasteiger charge is -2.06. The Balaban J connectivity index is 3.14. The molecule has 0 spiro atoms. The van der Waals surface area contributed by atoms with Gasteiger partial charge in [0.2, 0.25) is 0 Å². The number of amides is 4. The van der Waals surface area contributed by atoms with Crippen molar-refractivity contribution in [3.05, 3.63) is 0 Å². The SMILES string of the molecule is NNC(=O)NOCCONC(=O)NN. The molecule has 0 aromatic carbocycles. The third-order valence-corrected chi connectivity index (χ3v) is 0.879. The fraction of sp³-hybridized carbons (Fsp3) is 0.500. The van der Waals surface area contributed by atoms with Gasteiger partial charge >= 0.3 is 12.1 Å². The Morgan fingerprint density at radius 3 is 1.57 bits per heavy atom. The summed E-state index contributed by atoms with van der Waals surface area (Å²) in [5.74, 6) is 9.44. The maximum Gasteiger partial charge on any atom is 0.352 e. The second kappa shape index (κ2) is 8.00. The standard InChI is InChI=1S/C4H12N6O4/c5-7-3(11)9-13-1-2-14-10-4(12)8-6/h1-2,5-6H2,(H2,7,9,11)(H2,8,10,12). The smallest absolute Gasteiger partial charge is 0.274 e. The maximum atomic E-state index is 10.4. The monoisotopic (exact) mass is 208 g/mol. The molecular formula is C4H12N6O4. The average Bonchev–Trinajstić information content (AvgIpc) is 2.22. The Labute approximate surface area is 79.1 Å². The molecular weight excluding hydrogens is 196 g/mol. The molecule has 0 atom stereocenters. The summed E-state index contributed by atoms with van der Waals surface area (Å²) in [6.07, 6.45) is 0. The molecule has 0 rings (SSSR count). The summed E-state index contributed by atoms with van der Waals surface area (Å²) in [5, 5.41) is 0.